The lowest BCUT2D eigenvalue weighted by molar-refractivity contribution is -0.108. The quantitative estimate of drug-likeness (QED) is 0.427. The fourth-order valence-corrected chi connectivity index (χ4v) is 0.285. The second-order valence-electron chi connectivity index (χ2n) is 1.26. The molecule has 0 aromatic heterocycles. The molecule has 0 aliphatic rings. The van der Waals surface area contributed by atoms with Gasteiger partial charge in [-0.25, -0.2) is 0 Å². The Morgan fingerprint density at radius 2 is 1.38 bits per heavy atom. The molecule has 0 unspecified atom stereocenters. The lowest BCUT2D eigenvalue weighted by atomic mass is 10.3. The number of unbranched alkanes of at least 4 members (excludes halogenated alkanes) is 2. The molecule has 0 rings (SSSR count). The zero-order chi connectivity index (χ0) is 5.54. The van der Waals surface area contributed by atoms with Crippen molar-refractivity contribution in [1.82, 2.24) is 0 Å². The van der Waals surface area contributed by atoms with Crippen LogP contribution in [0.2, 0.25) is 0 Å². The van der Waals surface area contributed by atoms with Crippen LogP contribution in [0.1, 0.15) is 19.3 Å². The Morgan fingerprint density at radius 1 is 1.00 bits per heavy atom. The fourth-order valence-electron chi connectivity index (χ4n) is 0.285. The van der Waals surface area contributed by atoms with Crippen molar-refractivity contribution in [3.63, 3.8) is 0 Å². The third-order valence-corrected chi connectivity index (χ3v) is 0.644. The minimum atomic E-state index is 0. The lowest BCUT2D eigenvalue weighted by Crippen LogP contribution is -1.76. The highest BCUT2D eigenvalue weighted by Gasteiger charge is 1.80. The lowest BCUT2D eigenvalue weighted by Gasteiger charge is -1.78. The van der Waals surface area contributed by atoms with E-state index in [2.05, 4.69) is 0 Å². The predicted octanol–water partition coefficient (Wildman–Crippen LogP) is 0.976. The summed E-state index contributed by atoms with van der Waals surface area (Å²) in [6.07, 6.45) is 3.37. The van der Waals surface area contributed by atoms with Crippen LogP contribution in [0, 0.1) is 0 Å². The minimum absolute atomic E-state index is 0. The Hall–Kier alpha value is -0.370. The first-order valence-electron chi connectivity index (χ1n) is 2.29. The van der Waals surface area contributed by atoms with Gasteiger partial charge in [-0.05, 0) is 6.42 Å². The van der Waals surface area contributed by atoms with Crippen molar-refractivity contribution in [3.8, 4) is 0 Å². The van der Waals surface area contributed by atoms with Crippen molar-refractivity contribution >= 4 is 25.0 Å². The molecule has 0 fully saturated rings. The standard InChI is InChI=1S/C5H8O2.ClH/c6-4-2-1-3-5-7;/h4-5H,1-3H2;1H. The molecule has 0 amide bonds. The number of hydrogen-bond acceptors (Lipinski definition) is 2. The van der Waals surface area contributed by atoms with Gasteiger partial charge in [0.05, 0.1) is 0 Å². The molecule has 0 saturated heterocycles. The molecule has 0 saturated carbocycles. The molecule has 0 aliphatic heterocycles. The van der Waals surface area contributed by atoms with Gasteiger partial charge in [0, 0.05) is 12.8 Å². The highest BCUT2D eigenvalue weighted by molar-refractivity contribution is 5.85. The van der Waals surface area contributed by atoms with Gasteiger partial charge in [-0.2, -0.15) is 0 Å². The molecular formula is C5H9ClO2. The molecule has 0 aromatic carbocycles. The molecule has 0 aliphatic carbocycles. The van der Waals surface area contributed by atoms with Gasteiger partial charge in [0.2, 0.25) is 0 Å². The summed E-state index contributed by atoms with van der Waals surface area (Å²) in [6.45, 7) is 0. The first kappa shape index (κ1) is 10.6. The van der Waals surface area contributed by atoms with Crippen molar-refractivity contribution in [2.45, 2.75) is 19.3 Å². The van der Waals surface area contributed by atoms with Gasteiger partial charge in [-0.3, -0.25) is 0 Å². The summed E-state index contributed by atoms with van der Waals surface area (Å²) in [5.74, 6) is 0. The number of carbonyl (C=O) groups is 2. The minimum Gasteiger partial charge on any atom is -0.303 e. The zero-order valence-corrected chi connectivity index (χ0v) is 5.32. The van der Waals surface area contributed by atoms with Crippen LogP contribution in [-0.2, 0) is 9.59 Å². The van der Waals surface area contributed by atoms with Crippen molar-refractivity contribution in [2.75, 3.05) is 0 Å². The highest BCUT2D eigenvalue weighted by atomic mass is 35.5. The second-order valence-corrected chi connectivity index (χ2v) is 1.26. The van der Waals surface area contributed by atoms with E-state index in [-0.39, 0.29) is 12.4 Å². The molecule has 48 valence electrons. The van der Waals surface area contributed by atoms with Crippen molar-refractivity contribution in [2.24, 2.45) is 0 Å². The molecule has 0 heterocycles. The van der Waals surface area contributed by atoms with Crippen LogP contribution >= 0.6 is 12.4 Å². The van der Waals surface area contributed by atoms with E-state index in [9.17, 15) is 9.59 Å². The van der Waals surface area contributed by atoms with Crippen LogP contribution in [0.5, 0.6) is 0 Å². The molecule has 0 radical (unpaired) electrons. The SMILES string of the molecule is Cl.O=CCCCC=O. The summed E-state index contributed by atoms with van der Waals surface area (Å²) in [7, 11) is 0. The topological polar surface area (TPSA) is 34.1 Å². The number of aldehydes is 2. The van der Waals surface area contributed by atoms with Crippen LogP contribution in [-0.4, -0.2) is 12.6 Å². The molecule has 0 spiro atoms. The van der Waals surface area contributed by atoms with Crippen molar-refractivity contribution in [3.05, 3.63) is 0 Å². The first-order chi connectivity index (χ1) is 3.41. The summed E-state index contributed by atoms with van der Waals surface area (Å²) in [5.41, 5.74) is 0. The average molecular weight is 137 g/mol. The molecule has 2 nitrogen and oxygen atoms in total. The number of halogens is 1. The van der Waals surface area contributed by atoms with E-state index in [4.69, 9.17) is 0 Å². The van der Waals surface area contributed by atoms with Crippen molar-refractivity contribution in [1.29, 1.82) is 0 Å². The Kier molecular flexibility index (Phi) is 13.0. The Bertz CT molecular complexity index is 55.4. The molecule has 3 heteroatoms. The van der Waals surface area contributed by atoms with Gasteiger partial charge in [0.25, 0.3) is 0 Å². The summed E-state index contributed by atoms with van der Waals surface area (Å²) in [5, 5.41) is 0. The maximum absolute atomic E-state index is 9.56. The van der Waals surface area contributed by atoms with Gasteiger partial charge in [-0.1, -0.05) is 0 Å². The maximum atomic E-state index is 9.56. The monoisotopic (exact) mass is 136 g/mol. The maximum Gasteiger partial charge on any atom is 0.120 e. The molecular weight excluding hydrogens is 128 g/mol. The van der Waals surface area contributed by atoms with Gasteiger partial charge >= 0.3 is 0 Å². The third-order valence-electron chi connectivity index (χ3n) is 0.644. The molecule has 0 aromatic rings. The fraction of sp³-hybridized carbons (Fsp3) is 0.600. The normalized spacial score (nSPS) is 7.00. The van der Waals surface area contributed by atoms with E-state index < -0.39 is 0 Å². The summed E-state index contributed by atoms with van der Waals surface area (Å²) in [6, 6.07) is 0. The van der Waals surface area contributed by atoms with Gasteiger partial charge in [-0.15, -0.1) is 12.4 Å². The Morgan fingerprint density at radius 3 is 1.62 bits per heavy atom. The van der Waals surface area contributed by atoms with E-state index in [1.807, 2.05) is 0 Å². The van der Waals surface area contributed by atoms with Crippen LogP contribution in [0.4, 0.5) is 0 Å². The van der Waals surface area contributed by atoms with Crippen LogP contribution in [0.25, 0.3) is 0 Å². The van der Waals surface area contributed by atoms with E-state index in [1.165, 1.54) is 0 Å². The molecule has 0 atom stereocenters. The summed E-state index contributed by atoms with van der Waals surface area (Å²) >= 11 is 0. The largest absolute Gasteiger partial charge is 0.303 e. The van der Waals surface area contributed by atoms with E-state index in [0.717, 1.165) is 12.6 Å². The third kappa shape index (κ3) is 9.16. The smallest absolute Gasteiger partial charge is 0.120 e. The van der Waals surface area contributed by atoms with E-state index in [1.54, 1.807) is 0 Å². The number of carbonyl (C=O) groups excluding carboxylic acids is 2. The number of rotatable bonds is 4. The molecule has 0 N–H and O–H groups in total. The van der Waals surface area contributed by atoms with E-state index in [0.29, 0.717) is 19.3 Å². The van der Waals surface area contributed by atoms with Crippen LogP contribution in [0.3, 0.4) is 0 Å². The summed E-state index contributed by atoms with van der Waals surface area (Å²) in [4.78, 5) is 19.1. The van der Waals surface area contributed by atoms with Crippen molar-refractivity contribution < 1.29 is 9.59 Å². The summed E-state index contributed by atoms with van der Waals surface area (Å²) < 4.78 is 0. The Balaban J connectivity index is 0. The van der Waals surface area contributed by atoms with Gasteiger partial charge < -0.3 is 9.59 Å². The first-order valence-corrected chi connectivity index (χ1v) is 2.29. The molecule has 8 heavy (non-hydrogen) atoms. The van der Waals surface area contributed by atoms with E-state index >= 15 is 0 Å². The Labute approximate surface area is 54.7 Å². The van der Waals surface area contributed by atoms with Crippen LogP contribution < -0.4 is 0 Å². The highest BCUT2D eigenvalue weighted by Crippen LogP contribution is 1.85. The van der Waals surface area contributed by atoms with Crippen LogP contribution in [0.15, 0.2) is 0 Å². The average Bonchev–Trinajstić information content (AvgIpc) is 1.69. The molecule has 0 bridgehead atoms. The zero-order valence-electron chi connectivity index (χ0n) is 4.50. The van der Waals surface area contributed by atoms with Gasteiger partial charge in [0.15, 0.2) is 0 Å². The van der Waals surface area contributed by atoms with Gasteiger partial charge in [0.1, 0.15) is 12.6 Å². The predicted molar refractivity (Wildman–Crippen MR) is 33.2 cm³/mol. The second kappa shape index (κ2) is 9.80. The number of hydrogen-bond donors (Lipinski definition) is 0.